The monoisotopic (exact) mass is 297 g/mol. The minimum atomic E-state index is -0.129. The fraction of sp³-hybridized carbons (Fsp3) is 0.333. The first-order valence-electron chi connectivity index (χ1n) is 7.53. The van der Waals surface area contributed by atoms with Gasteiger partial charge in [0.1, 0.15) is 0 Å². The average Bonchev–Trinajstić information content (AvgIpc) is 2.45. The van der Waals surface area contributed by atoms with E-state index in [1.165, 1.54) is 10.6 Å². The van der Waals surface area contributed by atoms with Crippen LogP contribution >= 0.6 is 0 Å². The van der Waals surface area contributed by atoms with E-state index in [1.54, 1.807) is 7.05 Å². The molecule has 0 bridgehead atoms. The van der Waals surface area contributed by atoms with Crippen LogP contribution in [0.4, 0.5) is 5.95 Å². The summed E-state index contributed by atoms with van der Waals surface area (Å²) in [7, 11) is 1.62. The molecule has 0 aliphatic heterocycles. The molecule has 4 heteroatoms. The molecule has 1 aromatic carbocycles. The number of nitrogens with two attached hydrogens (primary N) is 1. The molecule has 2 aromatic rings. The van der Waals surface area contributed by atoms with Gasteiger partial charge >= 0.3 is 0 Å². The molecule has 2 rings (SSSR count). The number of hydrogen-bond acceptors (Lipinski definition) is 3. The van der Waals surface area contributed by atoms with Gasteiger partial charge in [-0.1, -0.05) is 50.3 Å². The highest BCUT2D eigenvalue weighted by Gasteiger charge is 2.04. The van der Waals surface area contributed by atoms with Gasteiger partial charge in [-0.3, -0.25) is 9.36 Å². The zero-order valence-corrected chi connectivity index (χ0v) is 13.4. The molecule has 0 atom stereocenters. The highest BCUT2D eigenvalue weighted by molar-refractivity contribution is 5.50. The van der Waals surface area contributed by atoms with Crippen molar-refractivity contribution in [3.05, 3.63) is 63.6 Å². The molecule has 0 amide bonds. The van der Waals surface area contributed by atoms with Crippen molar-refractivity contribution in [1.82, 2.24) is 9.55 Å². The summed E-state index contributed by atoms with van der Waals surface area (Å²) in [6, 6.07) is 9.79. The van der Waals surface area contributed by atoms with Crippen LogP contribution in [-0.2, 0) is 13.5 Å². The summed E-state index contributed by atoms with van der Waals surface area (Å²) >= 11 is 0. The Labute approximate surface area is 131 Å². The second-order valence-electron chi connectivity index (χ2n) is 5.96. The van der Waals surface area contributed by atoms with Crippen LogP contribution in [-0.4, -0.2) is 9.55 Å². The van der Waals surface area contributed by atoms with Crippen molar-refractivity contribution in [3.63, 3.8) is 0 Å². The lowest BCUT2D eigenvalue weighted by Gasteiger charge is -2.06. The molecule has 0 spiro atoms. The first-order valence-corrected chi connectivity index (χ1v) is 7.53. The highest BCUT2D eigenvalue weighted by atomic mass is 16.1. The van der Waals surface area contributed by atoms with E-state index in [1.807, 2.05) is 12.1 Å². The van der Waals surface area contributed by atoms with E-state index in [0.29, 0.717) is 18.0 Å². The Balaban J connectivity index is 2.17. The van der Waals surface area contributed by atoms with Crippen LogP contribution in [0, 0.1) is 5.92 Å². The van der Waals surface area contributed by atoms with Gasteiger partial charge in [0.25, 0.3) is 5.56 Å². The van der Waals surface area contributed by atoms with E-state index in [-0.39, 0.29) is 11.5 Å². The first kappa shape index (κ1) is 16.0. The number of aromatic nitrogens is 2. The number of anilines is 1. The van der Waals surface area contributed by atoms with Gasteiger partial charge in [-0.2, -0.15) is 0 Å². The van der Waals surface area contributed by atoms with Crippen LogP contribution in [0.15, 0.2) is 41.2 Å². The van der Waals surface area contributed by atoms with Crippen LogP contribution < -0.4 is 11.3 Å². The fourth-order valence-corrected chi connectivity index (χ4v) is 2.19. The van der Waals surface area contributed by atoms with Crippen molar-refractivity contribution in [1.29, 1.82) is 0 Å². The molecule has 1 heterocycles. The molecule has 0 fully saturated rings. The van der Waals surface area contributed by atoms with Gasteiger partial charge in [0.05, 0.1) is 5.69 Å². The maximum atomic E-state index is 11.8. The minimum Gasteiger partial charge on any atom is -0.369 e. The molecular formula is C18H23N3O. The van der Waals surface area contributed by atoms with E-state index in [4.69, 9.17) is 5.73 Å². The lowest BCUT2D eigenvalue weighted by Crippen LogP contribution is -2.21. The number of benzene rings is 1. The lowest BCUT2D eigenvalue weighted by molar-refractivity contribution is 0.665. The maximum Gasteiger partial charge on any atom is 0.254 e. The third-order valence-corrected chi connectivity index (χ3v) is 3.48. The predicted octanol–water partition coefficient (Wildman–Crippen LogP) is 3.01. The normalized spacial score (nSPS) is 11.5. The van der Waals surface area contributed by atoms with Crippen molar-refractivity contribution in [2.24, 2.45) is 13.0 Å². The summed E-state index contributed by atoms with van der Waals surface area (Å²) in [5.74, 6) is 0.905. The van der Waals surface area contributed by atoms with Crippen LogP contribution in [0.25, 0.3) is 6.08 Å². The third kappa shape index (κ3) is 4.32. The number of nitrogens with zero attached hydrogens (tertiary/aromatic N) is 2. The quantitative estimate of drug-likeness (QED) is 0.923. The van der Waals surface area contributed by atoms with Crippen molar-refractivity contribution in [2.75, 3.05) is 5.73 Å². The Morgan fingerprint density at radius 1 is 1.32 bits per heavy atom. The number of nitrogen functional groups attached to an aromatic ring is 1. The van der Waals surface area contributed by atoms with Crippen LogP contribution in [0.2, 0.25) is 0 Å². The van der Waals surface area contributed by atoms with Crippen LogP contribution in [0.3, 0.4) is 0 Å². The molecule has 0 saturated carbocycles. The largest absolute Gasteiger partial charge is 0.369 e. The van der Waals surface area contributed by atoms with Gasteiger partial charge in [-0.25, -0.2) is 4.98 Å². The van der Waals surface area contributed by atoms with Gasteiger partial charge in [0.2, 0.25) is 5.95 Å². The molecule has 4 nitrogen and oxygen atoms in total. The van der Waals surface area contributed by atoms with E-state index >= 15 is 0 Å². The minimum absolute atomic E-state index is 0.129. The number of hydrogen-bond donors (Lipinski definition) is 1. The molecule has 1 aromatic heterocycles. The van der Waals surface area contributed by atoms with Crippen molar-refractivity contribution in [3.8, 4) is 0 Å². The third-order valence-electron chi connectivity index (χ3n) is 3.48. The van der Waals surface area contributed by atoms with Gasteiger partial charge in [0.15, 0.2) is 0 Å². The summed E-state index contributed by atoms with van der Waals surface area (Å²) in [6.45, 7) is 4.40. The zero-order chi connectivity index (χ0) is 16.1. The predicted molar refractivity (Wildman–Crippen MR) is 91.6 cm³/mol. The molecule has 0 aliphatic rings. The van der Waals surface area contributed by atoms with Crippen LogP contribution in [0.5, 0.6) is 0 Å². The van der Waals surface area contributed by atoms with Gasteiger partial charge in [0, 0.05) is 19.5 Å². The molecular weight excluding hydrogens is 274 g/mol. The van der Waals surface area contributed by atoms with Crippen molar-refractivity contribution < 1.29 is 0 Å². The summed E-state index contributed by atoms with van der Waals surface area (Å²) in [6.07, 6.45) is 6.00. The van der Waals surface area contributed by atoms with Gasteiger partial charge in [-0.05, 0) is 23.5 Å². The maximum absolute atomic E-state index is 11.8. The first-order chi connectivity index (χ1) is 10.5. The Hall–Kier alpha value is -2.36. The Morgan fingerprint density at radius 3 is 2.77 bits per heavy atom. The molecule has 0 aliphatic carbocycles. The fourth-order valence-electron chi connectivity index (χ4n) is 2.19. The van der Waals surface area contributed by atoms with Crippen molar-refractivity contribution in [2.45, 2.75) is 26.7 Å². The standard InChI is InChI=1S/C18H23N3O/c1-13(2)6-4-7-14-8-5-9-15(10-14)11-16-12-17(22)21(3)18(19)20-16/h4-5,7-10,12-13H,6,11H2,1-3H3,(H2,19,20). The molecule has 2 N–H and O–H groups in total. The van der Waals surface area contributed by atoms with Crippen molar-refractivity contribution >= 4 is 12.0 Å². The number of allylic oxidation sites excluding steroid dienone is 1. The topological polar surface area (TPSA) is 60.9 Å². The lowest BCUT2D eigenvalue weighted by atomic mass is 10.0. The second kappa shape index (κ2) is 7.07. The zero-order valence-electron chi connectivity index (χ0n) is 13.4. The van der Waals surface area contributed by atoms with Crippen LogP contribution in [0.1, 0.15) is 37.1 Å². The molecule has 0 unspecified atom stereocenters. The van der Waals surface area contributed by atoms with E-state index < -0.39 is 0 Å². The average molecular weight is 297 g/mol. The molecule has 0 radical (unpaired) electrons. The summed E-state index contributed by atoms with van der Waals surface area (Å²) in [5, 5.41) is 0. The van der Waals surface area contributed by atoms with E-state index in [2.05, 4.69) is 43.1 Å². The Morgan fingerprint density at radius 2 is 2.09 bits per heavy atom. The van der Waals surface area contributed by atoms with E-state index in [9.17, 15) is 4.79 Å². The number of rotatable bonds is 5. The molecule has 116 valence electrons. The Kier molecular flexibility index (Phi) is 5.15. The highest BCUT2D eigenvalue weighted by Crippen LogP contribution is 2.12. The Bertz CT molecular complexity index is 729. The second-order valence-corrected chi connectivity index (χ2v) is 5.96. The van der Waals surface area contributed by atoms with E-state index in [0.717, 1.165) is 17.5 Å². The SMILES string of the molecule is CC(C)CC=Cc1cccc(Cc2cc(=O)n(C)c(N)n2)c1. The molecule has 0 saturated heterocycles. The summed E-state index contributed by atoms with van der Waals surface area (Å²) in [5.41, 5.74) is 8.59. The summed E-state index contributed by atoms with van der Waals surface area (Å²) in [4.78, 5) is 16.0. The summed E-state index contributed by atoms with van der Waals surface area (Å²) < 4.78 is 1.34. The smallest absolute Gasteiger partial charge is 0.254 e. The van der Waals surface area contributed by atoms with Gasteiger partial charge in [-0.15, -0.1) is 0 Å². The van der Waals surface area contributed by atoms with Gasteiger partial charge < -0.3 is 5.73 Å². The molecule has 22 heavy (non-hydrogen) atoms.